The van der Waals surface area contributed by atoms with Crippen LogP contribution in [-0.4, -0.2) is 21.2 Å². The quantitative estimate of drug-likeness (QED) is 0.699. The highest BCUT2D eigenvalue weighted by Crippen LogP contribution is 2.05. The maximum atomic E-state index is 10.2. The average Bonchev–Trinajstić information content (AvgIpc) is 2.60. The Morgan fingerprint density at radius 2 is 2.29 bits per heavy atom. The SMILES string of the molecule is CCc1noc(CCCCC(=O)O)n1. The number of unbranched alkanes of at least 4 members (excludes halogenated alkanes) is 1. The summed E-state index contributed by atoms with van der Waals surface area (Å²) in [5.74, 6) is 0.551. The predicted molar refractivity (Wildman–Crippen MR) is 48.9 cm³/mol. The van der Waals surface area contributed by atoms with Gasteiger partial charge in [0.05, 0.1) is 0 Å². The molecule has 78 valence electrons. The summed E-state index contributed by atoms with van der Waals surface area (Å²) in [6.07, 6.45) is 3.06. The van der Waals surface area contributed by atoms with E-state index in [9.17, 15) is 4.79 Å². The van der Waals surface area contributed by atoms with Crippen LogP contribution in [0.2, 0.25) is 0 Å². The first-order valence-electron chi connectivity index (χ1n) is 4.75. The fourth-order valence-corrected chi connectivity index (χ4v) is 1.09. The number of aromatic nitrogens is 2. The number of carboxylic acid groups (broad SMARTS) is 1. The molecule has 0 fully saturated rings. The molecule has 5 heteroatoms. The van der Waals surface area contributed by atoms with Gasteiger partial charge < -0.3 is 9.63 Å². The molecule has 0 aromatic carbocycles. The number of carboxylic acids is 1. The van der Waals surface area contributed by atoms with Gasteiger partial charge in [-0.15, -0.1) is 0 Å². The molecule has 0 radical (unpaired) electrons. The van der Waals surface area contributed by atoms with Crippen LogP contribution in [0.5, 0.6) is 0 Å². The molecule has 0 saturated heterocycles. The number of hydrogen-bond donors (Lipinski definition) is 1. The number of aliphatic carboxylic acids is 1. The zero-order chi connectivity index (χ0) is 10.4. The van der Waals surface area contributed by atoms with E-state index in [-0.39, 0.29) is 6.42 Å². The van der Waals surface area contributed by atoms with Crippen molar-refractivity contribution in [3.63, 3.8) is 0 Å². The Kier molecular flexibility index (Phi) is 4.10. The normalized spacial score (nSPS) is 10.4. The Labute approximate surface area is 82.1 Å². The summed E-state index contributed by atoms with van der Waals surface area (Å²) < 4.78 is 4.95. The molecule has 1 aromatic rings. The van der Waals surface area contributed by atoms with Gasteiger partial charge in [0, 0.05) is 19.3 Å². The number of nitrogens with zero attached hydrogens (tertiary/aromatic N) is 2. The molecule has 0 bridgehead atoms. The first-order chi connectivity index (χ1) is 6.72. The number of carbonyl (C=O) groups is 1. The Morgan fingerprint density at radius 1 is 1.50 bits per heavy atom. The van der Waals surface area contributed by atoms with Crippen LogP contribution in [0.25, 0.3) is 0 Å². The van der Waals surface area contributed by atoms with E-state index in [0.717, 1.165) is 12.8 Å². The van der Waals surface area contributed by atoms with E-state index in [4.69, 9.17) is 9.63 Å². The third-order valence-electron chi connectivity index (χ3n) is 1.86. The highest BCUT2D eigenvalue weighted by molar-refractivity contribution is 5.66. The second-order valence-electron chi connectivity index (χ2n) is 3.06. The number of rotatable bonds is 6. The van der Waals surface area contributed by atoms with Crippen molar-refractivity contribution in [2.45, 2.75) is 39.0 Å². The van der Waals surface area contributed by atoms with E-state index in [1.807, 2.05) is 6.92 Å². The first-order valence-corrected chi connectivity index (χ1v) is 4.75. The maximum Gasteiger partial charge on any atom is 0.303 e. The molecule has 1 N–H and O–H groups in total. The molecule has 0 amide bonds. The van der Waals surface area contributed by atoms with Crippen molar-refractivity contribution in [3.05, 3.63) is 11.7 Å². The molecule has 14 heavy (non-hydrogen) atoms. The molecule has 0 saturated carbocycles. The first kappa shape index (κ1) is 10.7. The maximum absolute atomic E-state index is 10.2. The molecule has 5 nitrogen and oxygen atoms in total. The second kappa shape index (κ2) is 5.36. The molecule has 1 aromatic heterocycles. The summed E-state index contributed by atoms with van der Waals surface area (Å²) in [7, 11) is 0. The van der Waals surface area contributed by atoms with Gasteiger partial charge in [0.15, 0.2) is 5.82 Å². The van der Waals surface area contributed by atoms with E-state index < -0.39 is 5.97 Å². The summed E-state index contributed by atoms with van der Waals surface area (Å²) in [5.41, 5.74) is 0. The second-order valence-corrected chi connectivity index (χ2v) is 3.06. The van der Waals surface area contributed by atoms with Gasteiger partial charge in [0.25, 0.3) is 0 Å². The molecule has 1 rings (SSSR count). The van der Waals surface area contributed by atoms with Crippen LogP contribution in [0.4, 0.5) is 0 Å². The molecule has 0 aliphatic rings. The zero-order valence-corrected chi connectivity index (χ0v) is 8.19. The van der Waals surface area contributed by atoms with E-state index in [2.05, 4.69) is 10.1 Å². The van der Waals surface area contributed by atoms with Crippen molar-refractivity contribution < 1.29 is 14.4 Å². The van der Waals surface area contributed by atoms with Gasteiger partial charge >= 0.3 is 5.97 Å². The van der Waals surface area contributed by atoms with Crippen molar-refractivity contribution in [3.8, 4) is 0 Å². The Morgan fingerprint density at radius 3 is 2.86 bits per heavy atom. The fourth-order valence-electron chi connectivity index (χ4n) is 1.09. The smallest absolute Gasteiger partial charge is 0.303 e. The van der Waals surface area contributed by atoms with Crippen molar-refractivity contribution in [1.82, 2.24) is 10.1 Å². The zero-order valence-electron chi connectivity index (χ0n) is 8.19. The molecular formula is C9H14N2O3. The van der Waals surface area contributed by atoms with Crippen molar-refractivity contribution in [2.24, 2.45) is 0 Å². The average molecular weight is 198 g/mol. The topological polar surface area (TPSA) is 76.2 Å². The minimum Gasteiger partial charge on any atom is -0.481 e. The summed E-state index contributed by atoms with van der Waals surface area (Å²) >= 11 is 0. The van der Waals surface area contributed by atoms with Gasteiger partial charge in [-0.25, -0.2) is 0 Å². The van der Waals surface area contributed by atoms with Crippen molar-refractivity contribution in [2.75, 3.05) is 0 Å². The molecule has 0 unspecified atom stereocenters. The van der Waals surface area contributed by atoms with Gasteiger partial charge in [-0.1, -0.05) is 12.1 Å². The lowest BCUT2D eigenvalue weighted by Gasteiger charge is -1.92. The third kappa shape index (κ3) is 3.55. The van der Waals surface area contributed by atoms with Crippen LogP contribution in [0.1, 0.15) is 37.9 Å². The van der Waals surface area contributed by atoms with Crippen molar-refractivity contribution >= 4 is 5.97 Å². The van der Waals surface area contributed by atoms with E-state index >= 15 is 0 Å². The van der Waals surface area contributed by atoms with Crippen LogP contribution in [0.3, 0.4) is 0 Å². The Balaban J connectivity index is 2.21. The largest absolute Gasteiger partial charge is 0.481 e. The van der Waals surface area contributed by atoms with E-state index in [0.29, 0.717) is 24.6 Å². The Bertz CT molecular complexity index is 296. The molecule has 1 heterocycles. The van der Waals surface area contributed by atoms with Crippen LogP contribution >= 0.6 is 0 Å². The Hall–Kier alpha value is -1.39. The predicted octanol–water partition coefficient (Wildman–Crippen LogP) is 1.43. The fraction of sp³-hybridized carbons (Fsp3) is 0.667. The van der Waals surface area contributed by atoms with Crippen LogP contribution in [0, 0.1) is 0 Å². The molecule has 0 aliphatic carbocycles. The summed E-state index contributed by atoms with van der Waals surface area (Å²) in [5, 5.41) is 12.1. The van der Waals surface area contributed by atoms with Gasteiger partial charge in [-0.3, -0.25) is 4.79 Å². The lowest BCUT2D eigenvalue weighted by molar-refractivity contribution is -0.137. The number of hydrogen-bond acceptors (Lipinski definition) is 4. The molecular weight excluding hydrogens is 184 g/mol. The summed E-state index contributed by atoms with van der Waals surface area (Å²) in [4.78, 5) is 14.3. The van der Waals surface area contributed by atoms with Crippen molar-refractivity contribution in [1.29, 1.82) is 0 Å². The van der Waals surface area contributed by atoms with Crippen LogP contribution in [0.15, 0.2) is 4.52 Å². The van der Waals surface area contributed by atoms with Crippen LogP contribution < -0.4 is 0 Å². The number of aryl methyl sites for hydroxylation is 2. The van der Waals surface area contributed by atoms with Gasteiger partial charge in [-0.2, -0.15) is 4.98 Å². The molecule has 0 atom stereocenters. The van der Waals surface area contributed by atoms with Gasteiger partial charge in [0.2, 0.25) is 5.89 Å². The molecule has 0 spiro atoms. The lowest BCUT2D eigenvalue weighted by atomic mass is 10.2. The van der Waals surface area contributed by atoms with Crippen LogP contribution in [-0.2, 0) is 17.6 Å². The highest BCUT2D eigenvalue weighted by Gasteiger charge is 2.04. The monoisotopic (exact) mass is 198 g/mol. The standard InChI is InChI=1S/C9H14N2O3/c1-2-7-10-8(14-11-7)5-3-4-6-9(12)13/h2-6H2,1H3,(H,12,13). The van der Waals surface area contributed by atoms with E-state index in [1.54, 1.807) is 0 Å². The van der Waals surface area contributed by atoms with Gasteiger partial charge in [0.1, 0.15) is 0 Å². The lowest BCUT2D eigenvalue weighted by Crippen LogP contribution is -1.95. The molecule has 0 aliphatic heterocycles. The van der Waals surface area contributed by atoms with E-state index in [1.165, 1.54) is 0 Å². The minimum absolute atomic E-state index is 0.203. The van der Waals surface area contributed by atoms with Gasteiger partial charge in [-0.05, 0) is 12.8 Å². The third-order valence-corrected chi connectivity index (χ3v) is 1.86. The highest BCUT2D eigenvalue weighted by atomic mass is 16.5. The minimum atomic E-state index is -0.759. The summed E-state index contributed by atoms with van der Waals surface area (Å²) in [6.45, 7) is 1.96. The summed E-state index contributed by atoms with van der Waals surface area (Å²) in [6, 6.07) is 0.